The lowest BCUT2D eigenvalue weighted by Crippen LogP contribution is -2.16. The molecule has 0 saturated carbocycles. The van der Waals surface area contributed by atoms with Crippen LogP contribution < -0.4 is 20.9 Å². The van der Waals surface area contributed by atoms with Crippen molar-refractivity contribution in [2.75, 3.05) is 25.7 Å². The number of nitrogen functional groups attached to an aromatic ring is 2. The molecule has 2 heterocycles. The van der Waals surface area contributed by atoms with E-state index in [4.69, 9.17) is 20.9 Å². The van der Waals surface area contributed by atoms with E-state index in [1.54, 1.807) is 35.8 Å². The number of rotatable bonds is 7. The molecule has 33 heavy (non-hydrogen) atoms. The molecule has 1 aromatic heterocycles. The van der Waals surface area contributed by atoms with Gasteiger partial charge in [-0.25, -0.2) is 4.98 Å². The topological polar surface area (TPSA) is 129 Å². The number of methoxy groups -OCH3 is 2. The lowest BCUT2D eigenvalue weighted by atomic mass is 10.00. The van der Waals surface area contributed by atoms with E-state index in [2.05, 4.69) is 15.1 Å². The van der Waals surface area contributed by atoms with Crippen LogP contribution in [0.15, 0.2) is 60.0 Å². The van der Waals surface area contributed by atoms with Crippen molar-refractivity contribution in [3.05, 3.63) is 82.7 Å². The zero-order valence-corrected chi connectivity index (χ0v) is 18.4. The van der Waals surface area contributed by atoms with Crippen LogP contribution in [-0.4, -0.2) is 41.2 Å². The Morgan fingerprint density at radius 2 is 2.00 bits per heavy atom. The monoisotopic (exact) mass is 444 g/mol. The van der Waals surface area contributed by atoms with Crippen LogP contribution in [0.2, 0.25) is 0 Å². The molecule has 1 aliphatic rings. The summed E-state index contributed by atoms with van der Waals surface area (Å²) in [5.74, 6) is 0.931. The van der Waals surface area contributed by atoms with Crippen molar-refractivity contribution >= 4 is 23.8 Å². The lowest BCUT2D eigenvalue weighted by Gasteiger charge is -2.20. The first-order valence-corrected chi connectivity index (χ1v) is 10.2. The largest absolute Gasteiger partial charge is 0.493 e. The van der Waals surface area contributed by atoms with E-state index in [1.165, 1.54) is 20.3 Å². The van der Waals surface area contributed by atoms with E-state index >= 15 is 0 Å². The first-order valence-electron chi connectivity index (χ1n) is 10.2. The molecule has 0 unspecified atom stereocenters. The molecule has 0 saturated heterocycles. The minimum Gasteiger partial charge on any atom is -0.493 e. The number of ether oxygens (including phenoxy) is 2. The summed E-state index contributed by atoms with van der Waals surface area (Å²) in [5.41, 5.74) is 15.6. The fraction of sp³-hybridized carbons (Fsp3) is 0.167. The lowest BCUT2D eigenvalue weighted by molar-refractivity contribution is 0.104. The Bertz CT molecular complexity index is 1250. The molecular formula is C24H24N6O3. The number of carbonyl (C=O) groups excluding carboxylic acids is 1. The average molecular weight is 444 g/mol. The molecule has 0 bridgehead atoms. The second-order valence-corrected chi connectivity index (χ2v) is 7.42. The predicted octanol–water partition coefficient (Wildman–Crippen LogP) is 2.80. The number of nitrogens with two attached hydrogens (primary N) is 2. The molecule has 0 radical (unpaired) electrons. The number of nitrogens with zero attached hydrogens (tertiary/aromatic N) is 4. The summed E-state index contributed by atoms with van der Waals surface area (Å²) in [6.07, 6.45) is 6.86. The molecule has 9 heteroatoms. The number of aromatic nitrogens is 2. The van der Waals surface area contributed by atoms with Gasteiger partial charge in [0.05, 0.1) is 32.5 Å². The second-order valence-electron chi connectivity index (χ2n) is 7.42. The summed E-state index contributed by atoms with van der Waals surface area (Å²) in [4.78, 5) is 21.1. The third-order valence-corrected chi connectivity index (χ3v) is 5.25. The van der Waals surface area contributed by atoms with Crippen LogP contribution in [0.5, 0.6) is 11.5 Å². The Balaban J connectivity index is 1.61. The Labute approximate surface area is 191 Å². The number of hydrazone groups is 1. The maximum Gasteiger partial charge on any atom is 0.221 e. The number of hydrogen-bond acceptors (Lipinski definition) is 9. The highest BCUT2D eigenvalue weighted by molar-refractivity contribution is 6.07. The summed E-state index contributed by atoms with van der Waals surface area (Å²) in [6, 6.07) is 11.5. The third-order valence-electron chi connectivity index (χ3n) is 5.25. The molecule has 4 rings (SSSR count). The quantitative estimate of drug-likeness (QED) is 0.420. The molecule has 168 valence electrons. The van der Waals surface area contributed by atoms with E-state index in [9.17, 15) is 4.79 Å². The van der Waals surface area contributed by atoms with Crippen molar-refractivity contribution < 1.29 is 14.3 Å². The second kappa shape index (κ2) is 9.39. The van der Waals surface area contributed by atoms with Crippen molar-refractivity contribution in [2.24, 2.45) is 5.10 Å². The van der Waals surface area contributed by atoms with Crippen LogP contribution in [0.25, 0.3) is 0 Å². The van der Waals surface area contributed by atoms with Gasteiger partial charge >= 0.3 is 0 Å². The van der Waals surface area contributed by atoms with Gasteiger partial charge in [-0.1, -0.05) is 24.3 Å². The van der Waals surface area contributed by atoms with Crippen molar-refractivity contribution in [3.63, 3.8) is 0 Å². The number of allylic oxidation sites excluding steroid dienone is 1. The van der Waals surface area contributed by atoms with Gasteiger partial charge in [0.15, 0.2) is 17.3 Å². The summed E-state index contributed by atoms with van der Waals surface area (Å²) in [7, 11) is 3.02. The zero-order valence-electron chi connectivity index (χ0n) is 18.4. The van der Waals surface area contributed by atoms with Crippen LogP contribution in [0.1, 0.15) is 32.6 Å². The normalized spacial score (nSPS) is 12.6. The zero-order chi connectivity index (χ0) is 23.4. The van der Waals surface area contributed by atoms with Gasteiger partial charge in [0.1, 0.15) is 5.82 Å². The highest BCUT2D eigenvalue weighted by atomic mass is 16.5. The molecule has 2 aromatic carbocycles. The van der Waals surface area contributed by atoms with Crippen molar-refractivity contribution in [2.45, 2.75) is 13.0 Å². The summed E-state index contributed by atoms with van der Waals surface area (Å²) >= 11 is 0. The molecule has 0 aliphatic carbocycles. The van der Waals surface area contributed by atoms with Crippen LogP contribution >= 0.6 is 0 Å². The molecule has 3 aromatic rings. The Morgan fingerprint density at radius 1 is 1.18 bits per heavy atom. The number of hydrogen-bond donors (Lipinski definition) is 2. The van der Waals surface area contributed by atoms with Crippen LogP contribution in [0, 0.1) is 0 Å². The third kappa shape index (κ3) is 4.77. The first-order chi connectivity index (χ1) is 16.0. The maximum absolute atomic E-state index is 13.1. The molecule has 1 aliphatic heterocycles. The van der Waals surface area contributed by atoms with E-state index in [0.717, 1.165) is 16.7 Å². The van der Waals surface area contributed by atoms with Crippen LogP contribution in [0.3, 0.4) is 0 Å². The molecule has 0 amide bonds. The number of benzene rings is 2. The highest BCUT2D eigenvalue weighted by Gasteiger charge is 2.18. The van der Waals surface area contributed by atoms with Crippen molar-refractivity contribution in [3.8, 4) is 11.5 Å². The first kappa shape index (κ1) is 21.8. The van der Waals surface area contributed by atoms with Crippen LogP contribution in [-0.2, 0) is 13.0 Å². The minimum atomic E-state index is -0.248. The fourth-order valence-corrected chi connectivity index (χ4v) is 3.59. The van der Waals surface area contributed by atoms with Crippen molar-refractivity contribution in [1.29, 1.82) is 0 Å². The molecule has 0 spiro atoms. The van der Waals surface area contributed by atoms with Gasteiger partial charge in [-0.05, 0) is 28.8 Å². The predicted molar refractivity (Wildman–Crippen MR) is 126 cm³/mol. The van der Waals surface area contributed by atoms with Gasteiger partial charge in [-0.3, -0.25) is 9.80 Å². The van der Waals surface area contributed by atoms with E-state index in [-0.39, 0.29) is 17.5 Å². The van der Waals surface area contributed by atoms with E-state index in [1.807, 2.05) is 24.3 Å². The van der Waals surface area contributed by atoms with Gasteiger partial charge in [0.25, 0.3) is 0 Å². The Kier molecular flexibility index (Phi) is 6.21. The molecule has 9 nitrogen and oxygen atoms in total. The summed E-state index contributed by atoms with van der Waals surface area (Å²) in [5, 5.41) is 6.09. The van der Waals surface area contributed by atoms with Gasteiger partial charge in [-0.15, -0.1) is 0 Å². The smallest absolute Gasteiger partial charge is 0.221 e. The van der Waals surface area contributed by atoms with E-state index in [0.29, 0.717) is 35.6 Å². The number of fused-ring (bicyclic) bond motifs is 1. The number of anilines is 2. The highest BCUT2D eigenvalue weighted by Crippen LogP contribution is 2.34. The standard InChI is InChI=1S/C24H24N6O3/c1-32-21-11-15(9-18-12-27-24(26)29-23(18)25)10-19(22(21)33-2)20(31)7-8-30-14-17-6-4-3-5-16(17)13-28-30/h3-8,10-13H,9,14H2,1-2H3,(H4,25,26,27,29). The Hall–Kier alpha value is -4.40. The van der Waals surface area contributed by atoms with Gasteiger partial charge in [0.2, 0.25) is 5.95 Å². The fourth-order valence-electron chi connectivity index (χ4n) is 3.59. The van der Waals surface area contributed by atoms with Gasteiger partial charge in [-0.2, -0.15) is 10.1 Å². The SMILES string of the molecule is COc1cc(Cc2cnc(N)nc2N)cc(C(=O)C=CN2Cc3ccccc3C=N2)c1OC. The van der Waals surface area contributed by atoms with E-state index < -0.39 is 0 Å². The maximum atomic E-state index is 13.1. The van der Waals surface area contributed by atoms with Gasteiger partial charge in [0, 0.05) is 30.5 Å². The average Bonchev–Trinajstić information content (AvgIpc) is 2.83. The molecule has 0 atom stereocenters. The molecule has 0 fully saturated rings. The summed E-state index contributed by atoms with van der Waals surface area (Å²) < 4.78 is 11.0. The Morgan fingerprint density at radius 3 is 2.76 bits per heavy atom. The van der Waals surface area contributed by atoms with Gasteiger partial charge < -0.3 is 20.9 Å². The number of ketones is 1. The van der Waals surface area contributed by atoms with Crippen molar-refractivity contribution in [1.82, 2.24) is 15.0 Å². The number of carbonyl (C=O) groups is 1. The molecular weight excluding hydrogens is 420 g/mol. The van der Waals surface area contributed by atoms with Crippen LogP contribution in [0.4, 0.5) is 11.8 Å². The molecule has 4 N–H and O–H groups in total. The summed E-state index contributed by atoms with van der Waals surface area (Å²) in [6.45, 7) is 0.577. The minimum absolute atomic E-state index is 0.104.